The molecule has 0 radical (unpaired) electrons. The predicted molar refractivity (Wildman–Crippen MR) is 61.0 cm³/mol. The zero-order valence-electron chi connectivity index (χ0n) is 10.3. The molecule has 2 unspecified atom stereocenters. The molecule has 1 heterocycles. The predicted octanol–water partition coefficient (Wildman–Crippen LogP) is 1.14. The van der Waals surface area contributed by atoms with Crippen molar-refractivity contribution in [3.05, 3.63) is 0 Å². The molecule has 0 aromatic heterocycles. The summed E-state index contributed by atoms with van der Waals surface area (Å²) in [5, 5.41) is 2.70. The molecule has 0 spiro atoms. The lowest BCUT2D eigenvalue weighted by Crippen LogP contribution is -2.38. The molecular formula is C12H21NO3. The number of hydrogen-bond acceptors (Lipinski definition) is 3. The highest BCUT2D eigenvalue weighted by atomic mass is 16.5. The van der Waals surface area contributed by atoms with Crippen LogP contribution < -0.4 is 5.32 Å². The van der Waals surface area contributed by atoms with Gasteiger partial charge in [-0.25, -0.2) is 0 Å². The van der Waals surface area contributed by atoms with Crippen LogP contribution >= 0.6 is 0 Å². The van der Waals surface area contributed by atoms with Gasteiger partial charge in [-0.05, 0) is 12.8 Å². The summed E-state index contributed by atoms with van der Waals surface area (Å²) in [7, 11) is 0. The summed E-state index contributed by atoms with van der Waals surface area (Å²) in [5.74, 6) is -0.0780. The van der Waals surface area contributed by atoms with Crippen molar-refractivity contribution in [2.24, 2.45) is 11.8 Å². The maximum atomic E-state index is 11.8. The van der Waals surface area contributed by atoms with E-state index in [1.807, 2.05) is 20.8 Å². The van der Waals surface area contributed by atoms with E-state index in [4.69, 9.17) is 4.74 Å². The van der Waals surface area contributed by atoms with E-state index in [2.05, 4.69) is 5.32 Å². The first-order valence-electron chi connectivity index (χ1n) is 5.98. The van der Waals surface area contributed by atoms with Crippen LogP contribution in [0.1, 0.15) is 33.6 Å². The number of Topliss-reactive ketones (excluding diaryl/α,β-unsaturated/α-hetero) is 1. The van der Waals surface area contributed by atoms with E-state index < -0.39 is 0 Å². The lowest BCUT2D eigenvalue weighted by Gasteiger charge is -2.16. The molecule has 0 aromatic rings. The molecule has 1 aliphatic heterocycles. The molecule has 1 amide bonds. The Morgan fingerprint density at radius 3 is 2.69 bits per heavy atom. The smallest absolute Gasteiger partial charge is 0.226 e. The minimum atomic E-state index is -0.0787. The molecule has 1 saturated heterocycles. The fourth-order valence-electron chi connectivity index (χ4n) is 1.86. The molecule has 16 heavy (non-hydrogen) atoms. The lowest BCUT2D eigenvalue weighted by atomic mass is 9.98. The van der Waals surface area contributed by atoms with E-state index in [9.17, 15) is 9.59 Å². The highest BCUT2D eigenvalue weighted by Gasteiger charge is 2.32. The molecule has 0 aromatic carbocycles. The third kappa shape index (κ3) is 3.30. The number of ether oxygens (including phenoxy) is 1. The second-order valence-corrected chi connectivity index (χ2v) is 4.55. The summed E-state index contributed by atoms with van der Waals surface area (Å²) >= 11 is 0. The first-order chi connectivity index (χ1) is 7.56. The van der Waals surface area contributed by atoms with Crippen molar-refractivity contribution in [2.75, 3.05) is 13.2 Å². The van der Waals surface area contributed by atoms with E-state index in [0.717, 1.165) is 12.8 Å². The Bertz CT molecular complexity index is 263. The monoisotopic (exact) mass is 227 g/mol. The fraction of sp³-hybridized carbons (Fsp3) is 0.833. The van der Waals surface area contributed by atoms with Crippen molar-refractivity contribution in [1.82, 2.24) is 5.32 Å². The zero-order chi connectivity index (χ0) is 12.1. The van der Waals surface area contributed by atoms with E-state index in [-0.39, 0.29) is 36.2 Å². The fourth-order valence-corrected chi connectivity index (χ4v) is 1.86. The third-order valence-electron chi connectivity index (χ3n) is 3.03. The molecule has 1 N–H and O–H groups in total. The topological polar surface area (TPSA) is 55.4 Å². The van der Waals surface area contributed by atoms with E-state index >= 15 is 0 Å². The number of ketones is 1. The van der Waals surface area contributed by atoms with Gasteiger partial charge in [0.05, 0.1) is 18.6 Å². The van der Waals surface area contributed by atoms with Crippen molar-refractivity contribution in [3.8, 4) is 0 Å². The van der Waals surface area contributed by atoms with Gasteiger partial charge in [0.2, 0.25) is 5.91 Å². The van der Waals surface area contributed by atoms with Crippen molar-refractivity contribution in [3.63, 3.8) is 0 Å². The van der Waals surface area contributed by atoms with Gasteiger partial charge in [0.25, 0.3) is 0 Å². The second-order valence-electron chi connectivity index (χ2n) is 4.55. The number of carbonyl (C=O) groups excluding carboxylic acids is 2. The van der Waals surface area contributed by atoms with Crippen LogP contribution in [-0.4, -0.2) is 30.9 Å². The van der Waals surface area contributed by atoms with Crippen LogP contribution in [0.25, 0.3) is 0 Å². The molecule has 4 heteroatoms. The van der Waals surface area contributed by atoms with Gasteiger partial charge in [0, 0.05) is 12.5 Å². The normalized spacial score (nSPS) is 24.8. The van der Waals surface area contributed by atoms with Crippen LogP contribution in [0.5, 0.6) is 0 Å². The molecule has 1 fully saturated rings. The van der Waals surface area contributed by atoms with Crippen LogP contribution in [0.3, 0.4) is 0 Å². The maximum absolute atomic E-state index is 11.8. The van der Waals surface area contributed by atoms with Gasteiger partial charge in [0.15, 0.2) is 5.78 Å². The second kappa shape index (κ2) is 5.99. The molecule has 0 saturated carbocycles. The highest BCUT2D eigenvalue weighted by Crippen LogP contribution is 2.23. The van der Waals surface area contributed by atoms with Crippen LogP contribution in [-0.2, 0) is 14.3 Å². The maximum Gasteiger partial charge on any atom is 0.226 e. The standard InChI is InChI=1S/C12H21NO3/c1-4-11-9(5-6-16-11)12(15)13-7-10(14)8(2)3/h8-9,11H,4-7H2,1-3H3,(H,13,15). The highest BCUT2D eigenvalue weighted by molar-refractivity contribution is 5.88. The Hall–Kier alpha value is -0.900. The van der Waals surface area contributed by atoms with Gasteiger partial charge in [-0.15, -0.1) is 0 Å². The number of nitrogens with one attached hydrogen (secondary N) is 1. The van der Waals surface area contributed by atoms with E-state index in [1.165, 1.54) is 0 Å². The molecule has 0 aliphatic carbocycles. The van der Waals surface area contributed by atoms with E-state index in [0.29, 0.717) is 6.61 Å². The van der Waals surface area contributed by atoms with Gasteiger partial charge in [-0.1, -0.05) is 20.8 Å². The molecular weight excluding hydrogens is 206 g/mol. The van der Waals surface area contributed by atoms with Gasteiger partial charge in [-0.3, -0.25) is 9.59 Å². The minimum absolute atomic E-state index is 0.0224. The van der Waals surface area contributed by atoms with Crippen LogP contribution in [0, 0.1) is 11.8 Å². The minimum Gasteiger partial charge on any atom is -0.377 e. The molecule has 1 aliphatic rings. The quantitative estimate of drug-likeness (QED) is 0.766. The van der Waals surface area contributed by atoms with Crippen molar-refractivity contribution >= 4 is 11.7 Å². The average Bonchev–Trinajstić information content (AvgIpc) is 2.73. The van der Waals surface area contributed by atoms with Crippen LogP contribution in [0.2, 0.25) is 0 Å². The Balaban J connectivity index is 2.37. The number of rotatable bonds is 5. The van der Waals surface area contributed by atoms with Gasteiger partial charge in [-0.2, -0.15) is 0 Å². The van der Waals surface area contributed by atoms with Crippen LogP contribution in [0.4, 0.5) is 0 Å². The number of amides is 1. The summed E-state index contributed by atoms with van der Waals surface area (Å²) < 4.78 is 5.44. The van der Waals surface area contributed by atoms with Crippen LogP contribution in [0.15, 0.2) is 0 Å². The Morgan fingerprint density at radius 2 is 2.12 bits per heavy atom. The summed E-state index contributed by atoms with van der Waals surface area (Å²) in [6, 6.07) is 0. The summed E-state index contributed by atoms with van der Waals surface area (Å²) in [6.07, 6.45) is 1.63. The largest absolute Gasteiger partial charge is 0.377 e. The molecule has 0 bridgehead atoms. The van der Waals surface area contributed by atoms with E-state index in [1.54, 1.807) is 0 Å². The van der Waals surface area contributed by atoms with Gasteiger partial charge < -0.3 is 10.1 Å². The zero-order valence-corrected chi connectivity index (χ0v) is 10.3. The van der Waals surface area contributed by atoms with Crippen molar-refractivity contribution < 1.29 is 14.3 Å². The lowest BCUT2D eigenvalue weighted by molar-refractivity contribution is -0.130. The molecule has 4 nitrogen and oxygen atoms in total. The first kappa shape index (κ1) is 13.2. The average molecular weight is 227 g/mol. The van der Waals surface area contributed by atoms with Crippen molar-refractivity contribution in [2.45, 2.75) is 39.7 Å². The van der Waals surface area contributed by atoms with Gasteiger partial charge >= 0.3 is 0 Å². The molecule has 1 rings (SSSR count). The first-order valence-corrected chi connectivity index (χ1v) is 5.98. The third-order valence-corrected chi connectivity index (χ3v) is 3.03. The molecule has 2 atom stereocenters. The van der Waals surface area contributed by atoms with Gasteiger partial charge in [0.1, 0.15) is 0 Å². The number of hydrogen-bond donors (Lipinski definition) is 1. The summed E-state index contributed by atoms with van der Waals surface area (Å²) in [4.78, 5) is 23.2. The SMILES string of the molecule is CCC1OCCC1C(=O)NCC(=O)C(C)C. The summed E-state index contributed by atoms with van der Waals surface area (Å²) in [6.45, 7) is 6.47. The number of carbonyl (C=O) groups is 2. The Labute approximate surface area is 96.7 Å². The molecule has 92 valence electrons. The Morgan fingerprint density at radius 1 is 1.44 bits per heavy atom. The summed E-state index contributed by atoms with van der Waals surface area (Å²) in [5.41, 5.74) is 0. The Kier molecular flexibility index (Phi) is 4.93. The van der Waals surface area contributed by atoms with Crippen molar-refractivity contribution in [1.29, 1.82) is 0 Å².